The molecule has 0 heterocycles. The number of rotatable bonds is 3. The lowest BCUT2D eigenvalue weighted by Crippen LogP contribution is -2.00. The van der Waals surface area contributed by atoms with Crippen LogP contribution in [-0.4, -0.2) is 5.11 Å². The van der Waals surface area contributed by atoms with Gasteiger partial charge in [0.2, 0.25) is 0 Å². The van der Waals surface area contributed by atoms with Gasteiger partial charge in [-0.3, -0.25) is 0 Å². The highest BCUT2D eigenvalue weighted by Gasteiger charge is 2.12. The fourth-order valence-electron chi connectivity index (χ4n) is 1.94. The summed E-state index contributed by atoms with van der Waals surface area (Å²) in [6.07, 6.45) is -0.792. The Kier molecular flexibility index (Phi) is 4.23. The van der Waals surface area contributed by atoms with Crippen LogP contribution in [0.2, 0.25) is 5.02 Å². The molecule has 1 nitrogen and oxygen atoms in total. The molecule has 0 saturated heterocycles. The number of benzene rings is 2. The number of hydrogen-bond acceptors (Lipinski definition) is 1. The topological polar surface area (TPSA) is 20.2 Å². The molecule has 1 unspecified atom stereocenters. The van der Waals surface area contributed by atoms with Gasteiger partial charge in [-0.05, 0) is 34.7 Å². The number of aliphatic hydroxyl groups is 1. The minimum Gasteiger partial charge on any atom is -0.384 e. The van der Waals surface area contributed by atoms with E-state index in [2.05, 4.69) is 13.8 Å². The molecular weight excluding hydrogens is 263 g/mol. The zero-order valence-corrected chi connectivity index (χ0v) is 11.7. The Bertz CT molecular complexity index is 563. The molecule has 0 spiro atoms. The fourth-order valence-corrected chi connectivity index (χ4v) is 2.13. The molecule has 19 heavy (non-hydrogen) atoms. The van der Waals surface area contributed by atoms with Crippen molar-refractivity contribution < 1.29 is 9.50 Å². The molecule has 0 aliphatic heterocycles. The second-order valence-corrected chi connectivity index (χ2v) is 5.30. The van der Waals surface area contributed by atoms with Gasteiger partial charge >= 0.3 is 0 Å². The normalized spacial score (nSPS) is 12.7. The Morgan fingerprint density at radius 2 is 1.47 bits per heavy atom. The molecule has 0 saturated carbocycles. The van der Waals surface area contributed by atoms with Crippen LogP contribution >= 0.6 is 11.6 Å². The summed E-state index contributed by atoms with van der Waals surface area (Å²) in [4.78, 5) is 0. The second-order valence-electron chi connectivity index (χ2n) is 4.90. The average molecular weight is 279 g/mol. The quantitative estimate of drug-likeness (QED) is 0.864. The first-order valence-electron chi connectivity index (χ1n) is 6.22. The van der Waals surface area contributed by atoms with Crippen LogP contribution < -0.4 is 0 Å². The van der Waals surface area contributed by atoms with E-state index in [-0.39, 0.29) is 5.02 Å². The van der Waals surface area contributed by atoms with Crippen molar-refractivity contribution in [3.63, 3.8) is 0 Å². The molecule has 0 radical (unpaired) electrons. The van der Waals surface area contributed by atoms with Crippen LogP contribution in [0, 0.1) is 5.82 Å². The third-order valence-corrected chi connectivity index (χ3v) is 3.47. The van der Waals surface area contributed by atoms with E-state index in [0.29, 0.717) is 11.5 Å². The van der Waals surface area contributed by atoms with E-state index in [9.17, 15) is 9.50 Å². The van der Waals surface area contributed by atoms with Crippen LogP contribution in [0.25, 0.3) is 0 Å². The molecule has 0 aromatic heterocycles. The summed E-state index contributed by atoms with van der Waals surface area (Å²) in [6.45, 7) is 4.23. The molecule has 2 aromatic carbocycles. The zero-order chi connectivity index (χ0) is 14.0. The Balaban J connectivity index is 2.27. The Morgan fingerprint density at radius 1 is 0.947 bits per heavy atom. The van der Waals surface area contributed by atoms with Gasteiger partial charge in [-0.2, -0.15) is 0 Å². The van der Waals surface area contributed by atoms with E-state index in [0.717, 1.165) is 5.56 Å². The number of aliphatic hydroxyl groups excluding tert-OH is 1. The molecule has 0 amide bonds. The molecule has 2 rings (SSSR count). The molecule has 2 aromatic rings. The summed E-state index contributed by atoms with van der Waals surface area (Å²) < 4.78 is 13.1. The standard InChI is InChI=1S/C16H16ClFO/c1-10(2)11-3-5-12(6-4-11)16(19)13-7-8-15(18)14(17)9-13/h3-10,16,19H,1-2H3. The maximum atomic E-state index is 13.1. The van der Waals surface area contributed by atoms with Gasteiger partial charge in [0.25, 0.3) is 0 Å². The van der Waals surface area contributed by atoms with E-state index in [1.54, 1.807) is 6.07 Å². The molecule has 1 N–H and O–H groups in total. The first kappa shape index (κ1) is 14.0. The van der Waals surface area contributed by atoms with Crippen LogP contribution in [0.15, 0.2) is 42.5 Å². The van der Waals surface area contributed by atoms with Crippen LogP contribution in [0.3, 0.4) is 0 Å². The van der Waals surface area contributed by atoms with Gasteiger partial charge in [0.1, 0.15) is 11.9 Å². The van der Waals surface area contributed by atoms with Crippen molar-refractivity contribution in [3.05, 3.63) is 70.0 Å². The minimum absolute atomic E-state index is 0.0235. The van der Waals surface area contributed by atoms with Gasteiger partial charge in [-0.25, -0.2) is 4.39 Å². The van der Waals surface area contributed by atoms with Gasteiger partial charge in [0.15, 0.2) is 0 Å². The van der Waals surface area contributed by atoms with Crippen molar-refractivity contribution in [1.82, 2.24) is 0 Å². The first-order valence-corrected chi connectivity index (χ1v) is 6.59. The largest absolute Gasteiger partial charge is 0.384 e. The van der Waals surface area contributed by atoms with Crippen LogP contribution in [0.1, 0.15) is 42.6 Å². The number of halogens is 2. The third kappa shape index (κ3) is 3.14. The molecule has 0 aliphatic rings. The van der Waals surface area contributed by atoms with Crippen molar-refractivity contribution >= 4 is 11.6 Å². The predicted octanol–water partition coefficient (Wildman–Crippen LogP) is 4.68. The van der Waals surface area contributed by atoms with Crippen LogP contribution in [0.4, 0.5) is 4.39 Å². The van der Waals surface area contributed by atoms with Gasteiger partial charge < -0.3 is 5.11 Å². The van der Waals surface area contributed by atoms with Crippen molar-refractivity contribution in [2.45, 2.75) is 25.9 Å². The fraction of sp³-hybridized carbons (Fsp3) is 0.250. The summed E-state index contributed by atoms with van der Waals surface area (Å²) in [5, 5.41) is 10.3. The molecule has 0 bridgehead atoms. The lowest BCUT2D eigenvalue weighted by atomic mass is 9.97. The summed E-state index contributed by atoms with van der Waals surface area (Å²) in [6, 6.07) is 12.0. The maximum Gasteiger partial charge on any atom is 0.141 e. The van der Waals surface area contributed by atoms with E-state index in [1.807, 2.05) is 24.3 Å². The minimum atomic E-state index is -0.792. The molecule has 1 atom stereocenters. The highest BCUT2D eigenvalue weighted by molar-refractivity contribution is 6.30. The van der Waals surface area contributed by atoms with Gasteiger partial charge in [0.05, 0.1) is 5.02 Å². The lowest BCUT2D eigenvalue weighted by molar-refractivity contribution is 0.220. The lowest BCUT2D eigenvalue weighted by Gasteiger charge is -2.13. The molecular formula is C16H16ClFO. The monoisotopic (exact) mass is 278 g/mol. The van der Waals surface area contributed by atoms with Crippen molar-refractivity contribution in [2.75, 3.05) is 0 Å². The van der Waals surface area contributed by atoms with Gasteiger partial charge in [-0.1, -0.05) is 55.8 Å². The molecule has 3 heteroatoms. The van der Waals surface area contributed by atoms with Gasteiger partial charge in [-0.15, -0.1) is 0 Å². The van der Waals surface area contributed by atoms with Crippen LogP contribution in [-0.2, 0) is 0 Å². The predicted molar refractivity (Wildman–Crippen MR) is 76.0 cm³/mol. The maximum absolute atomic E-state index is 13.1. The van der Waals surface area contributed by atoms with E-state index >= 15 is 0 Å². The smallest absolute Gasteiger partial charge is 0.141 e. The Morgan fingerprint density at radius 3 is 2.00 bits per heavy atom. The third-order valence-electron chi connectivity index (χ3n) is 3.18. The van der Waals surface area contributed by atoms with E-state index in [4.69, 9.17) is 11.6 Å². The summed E-state index contributed by atoms with van der Waals surface area (Å²) >= 11 is 5.73. The molecule has 0 aliphatic carbocycles. The highest BCUT2D eigenvalue weighted by atomic mass is 35.5. The van der Waals surface area contributed by atoms with Crippen molar-refractivity contribution in [2.24, 2.45) is 0 Å². The van der Waals surface area contributed by atoms with E-state index < -0.39 is 11.9 Å². The molecule has 0 fully saturated rings. The SMILES string of the molecule is CC(C)c1ccc(C(O)c2ccc(F)c(Cl)c2)cc1. The van der Waals surface area contributed by atoms with Crippen LogP contribution in [0.5, 0.6) is 0 Å². The number of hydrogen-bond donors (Lipinski definition) is 1. The second kappa shape index (κ2) is 5.72. The van der Waals surface area contributed by atoms with E-state index in [1.165, 1.54) is 17.7 Å². The Hall–Kier alpha value is -1.38. The molecule has 100 valence electrons. The first-order chi connectivity index (χ1) is 8.99. The summed E-state index contributed by atoms with van der Waals surface area (Å²) in [5.41, 5.74) is 2.57. The van der Waals surface area contributed by atoms with Gasteiger partial charge in [0, 0.05) is 0 Å². The highest BCUT2D eigenvalue weighted by Crippen LogP contribution is 2.27. The Labute approximate surface area is 117 Å². The summed E-state index contributed by atoms with van der Waals surface area (Å²) in [5.74, 6) is -0.0285. The average Bonchev–Trinajstić information content (AvgIpc) is 2.41. The van der Waals surface area contributed by atoms with Crippen molar-refractivity contribution in [3.8, 4) is 0 Å². The van der Waals surface area contributed by atoms with Crippen molar-refractivity contribution in [1.29, 1.82) is 0 Å². The summed E-state index contributed by atoms with van der Waals surface area (Å²) in [7, 11) is 0. The zero-order valence-electron chi connectivity index (χ0n) is 10.9.